The molecule has 0 saturated heterocycles. The Kier molecular flexibility index (Phi) is 9.14. The van der Waals surface area contributed by atoms with Gasteiger partial charge in [0.1, 0.15) is 0 Å². The Morgan fingerprint density at radius 2 is 1.07 bits per heavy atom. The zero-order valence-electron chi connectivity index (χ0n) is 17.3. The third-order valence-electron chi connectivity index (χ3n) is 5.12. The number of carbonyl (C=O) groups is 2. The first-order valence-electron chi connectivity index (χ1n) is 9.90. The second-order valence-corrected chi connectivity index (χ2v) is 23.7. The molecular formula is C22H28Br2N2O2Ti. The van der Waals surface area contributed by atoms with Gasteiger partial charge in [0.05, 0.1) is 0 Å². The second-order valence-electron chi connectivity index (χ2n) is 7.11. The van der Waals surface area contributed by atoms with E-state index in [1.165, 1.54) is 0 Å². The summed E-state index contributed by atoms with van der Waals surface area (Å²) < 4.78 is 3.78. The fourth-order valence-electron chi connectivity index (χ4n) is 3.10. The van der Waals surface area contributed by atoms with Crippen molar-refractivity contribution in [2.75, 3.05) is 0 Å². The van der Waals surface area contributed by atoms with Crippen molar-refractivity contribution in [1.29, 1.82) is 0 Å². The van der Waals surface area contributed by atoms with Gasteiger partial charge in [-0.05, 0) is 0 Å². The summed E-state index contributed by atoms with van der Waals surface area (Å²) in [5.41, 5.74) is 1.25. The van der Waals surface area contributed by atoms with Crippen LogP contribution in [0, 0.1) is 0 Å². The first kappa shape index (κ1) is 24.3. The van der Waals surface area contributed by atoms with E-state index in [0.717, 1.165) is 12.8 Å². The standard InChI is InChI=1S/2C11H15NO.2BrH.Ti/c2*1-3-9(2)12-11(13)10-7-5-4-6-8-10;;;/h2*4-9H,3H2,1-2H3,(H,12,13);2*1H;/q;;;;+4/p-4. The molecule has 29 heavy (non-hydrogen) atoms. The van der Waals surface area contributed by atoms with Crippen LogP contribution in [0.15, 0.2) is 60.7 Å². The number of benzene rings is 2. The Labute approximate surface area is 190 Å². The fraction of sp³-hybridized carbons (Fsp3) is 0.364. The summed E-state index contributed by atoms with van der Waals surface area (Å²) in [6.07, 6.45) is 1.58. The minimum atomic E-state index is -3.68. The minimum absolute atomic E-state index is 0.0309. The van der Waals surface area contributed by atoms with Crippen molar-refractivity contribution >= 4 is 38.1 Å². The van der Waals surface area contributed by atoms with E-state index in [4.69, 9.17) is 0 Å². The summed E-state index contributed by atoms with van der Waals surface area (Å²) in [7, 11) is 0. The molecule has 2 aromatic rings. The molecule has 0 fully saturated rings. The van der Waals surface area contributed by atoms with Crippen LogP contribution >= 0.6 is 26.3 Å². The number of carbonyl (C=O) groups excluding carboxylic acids is 2. The second kappa shape index (κ2) is 10.9. The van der Waals surface area contributed by atoms with Gasteiger partial charge in [0.25, 0.3) is 0 Å². The third-order valence-corrected chi connectivity index (χ3v) is 15.2. The molecule has 0 aromatic heterocycles. The molecule has 0 spiro atoms. The van der Waals surface area contributed by atoms with Crippen molar-refractivity contribution in [3.05, 3.63) is 71.8 Å². The van der Waals surface area contributed by atoms with Crippen molar-refractivity contribution in [1.82, 2.24) is 6.76 Å². The summed E-state index contributed by atoms with van der Waals surface area (Å²) in [6, 6.07) is 18.5. The average molecular weight is 560 g/mol. The summed E-state index contributed by atoms with van der Waals surface area (Å²) in [4.78, 5) is 27.1. The topological polar surface area (TPSA) is 40.6 Å². The van der Waals surface area contributed by atoms with E-state index in [9.17, 15) is 9.59 Å². The van der Waals surface area contributed by atoms with Gasteiger partial charge < -0.3 is 0 Å². The van der Waals surface area contributed by atoms with Gasteiger partial charge in [0.2, 0.25) is 0 Å². The molecule has 0 saturated carbocycles. The molecular weight excluding hydrogens is 532 g/mol. The van der Waals surface area contributed by atoms with Gasteiger partial charge in [0, 0.05) is 0 Å². The summed E-state index contributed by atoms with van der Waals surface area (Å²) in [5.74, 6) is -0.134. The van der Waals surface area contributed by atoms with Crippen LogP contribution in [0.2, 0.25) is 0 Å². The maximum atomic E-state index is 13.5. The van der Waals surface area contributed by atoms with Gasteiger partial charge in [-0.3, -0.25) is 0 Å². The first-order valence-corrected chi connectivity index (χ1v) is 19.0. The van der Waals surface area contributed by atoms with E-state index >= 15 is 0 Å². The number of nitrogens with zero attached hydrogens (tertiary/aromatic N) is 2. The van der Waals surface area contributed by atoms with Crippen LogP contribution in [0.3, 0.4) is 0 Å². The van der Waals surface area contributed by atoms with Crippen LogP contribution in [-0.4, -0.2) is 30.7 Å². The molecule has 2 unspecified atom stereocenters. The Morgan fingerprint density at radius 1 is 0.759 bits per heavy atom. The summed E-state index contributed by atoms with van der Waals surface area (Å²) in [5, 5.41) is 0. The molecule has 0 N–H and O–H groups in total. The quantitative estimate of drug-likeness (QED) is 0.348. The molecule has 0 heterocycles. The fourth-order valence-corrected chi connectivity index (χ4v) is 15.3. The van der Waals surface area contributed by atoms with Gasteiger partial charge >= 0.3 is 192 Å². The first-order chi connectivity index (χ1) is 13.8. The molecule has 0 radical (unpaired) electrons. The van der Waals surface area contributed by atoms with Crippen molar-refractivity contribution < 1.29 is 22.5 Å². The van der Waals surface area contributed by atoms with Crippen LogP contribution in [0.5, 0.6) is 0 Å². The van der Waals surface area contributed by atoms with E-state index in [1.807, 2.05) is 81.3 Å². The van der Waals surface area contributed by atoms with Crippen molar-refractivity contribution in [2.45, 2.75) is 52.6 Å². The predicted molar refractivity (Wildman–Crippen MR) is 123 cm³/mol. The molecule has 2 aromatic carbocycles. The molecule has 156 valence electrons. The van der Waals surface area contributed by atoms with Crippen LogP contribution in [0.25, 0.3) is 0 Å². The molecule has 2 rings (SSSR count). The Morgan fingerprint density at radius 3 is 1.34 bits per heavy atom. The van der Waals surface area contributed by atoms with Gasteiger partial charge in [-0.25, -0.2) is 0 Å². The van der Waals surface area contributed by atoms with Gasteiger partial charge in [-0.2, -0.15) is 0 Å². The van der Waals surface area contributed by atoms with Gasteiger partial charge in [-0.15, -0.1) is 0 Å². The van der Waals surface area contributed by atoms with E-state index in [1.54, 1.807) is 0 Å². The van der Waals surface area contributed by atoms with Gasteiger partial charge in [0.15, 0.2) is 0 Å². The number of hydrogen-bond donors (Lipinski definition) is 0. The molecule has 7 heteroatoms. The number of halogens is 2. The Hall–Kier alpha value is -0.946. The summed E-state index contributed by atoms with van der Waals surface area (Å²) >= 11 is 4.14. The molecule has 0 bridgehead atoms. The van der Waals surface area contributed by atoms with Crippen LogP contribution < -0.4 is 0 Å². The third kappa shape index (κ3) is 5.60. The van der Waals surface area contributed by atoms with Crippen LogP contribution in [0.4, 0.5) is 0 Å². The molecule has 0 aliphatic rings. The van der Waals surface area contributed by atoms with Gasteiger partial charge in [-0.1, -0.05) is 0 Å². The molecule has 4 nitrogen and oxygen atoms in total. The van der Waals surface area contributed by atoms with Crippen molar-refractivity contribution in [3.8, 4) is 0 Å². The Bertz CT molecular complexity index is 751. The van der Waals surface area contributed by atoms with Crippen molar-refractivity contribution in [2.24, 2.45) is 0 Å². The van der Waals surface area contributed by atoms with E-state index in [-0.39, 0.29) is 23.9 Å². The number of rotatable bonds is 8. The molecule has 2 atom stereocenters. The number of hydrogen-bond acceptors (Lipinski definition) is 2. The van der Waals surface area contributed by atoms with Crippen LogP contribution in [0.1, 0.15) is 61.3 Å². The Balaban J connectivity index is 2.55. The maximum absolute atomic E-state index is 13.5. The SMILES string of the molecule is CCC(C)[N](C(=O)c1ccccc1)[Ti]([Br])([Br])[N](C(=O)c1ccccc1)C(C)CC. The predicted octanol–water partition coefficient (Wildman–Crippen LogP) is 6.47. The van der Waals surface area contributed by atoms with Crippen molar-refractivity contribution in [3.63, 3.8) is 0 Å². The number of amides is 2. The summed E-state index contributed by atoms with van der Waals surface area (Å²) in [6.45, 7) is 8.18. The van der Waals surface area contributed by atoms with E-state index in [0.29, 0.717) is 11.1 Å². The zero-order valence-corrected chi connectivity index (χ0v) is 22.0. The average Bonchev–Trinajstić information content (AvgIpc) is 2.74. The van der Waals surface area contributed by atoms with E-state index in [2.05, 4.69) is 40.2 Å². The van der Waals surface area contributed by atoms with E-state index < -0.39 is 12.9 Å². The molecule has 0 aliphatic heterocycles. The monoisotopic (exact) mass is 558 g/mol. The zero-order chi connectivity index (χ0) is 21.6. The molecule has 0 aliphatic carbocycles. The van der Waals surface area contributed by atoms with Crippen LogP contribution in [-0.2, 0) is 12.9 Å². The normalized spacial score (nSPS) is 13.4. The molecule has 2 amide bonds.